The van der Waals surface area contributed by atoms with Crippen LogP contribution in [0.2, 0.25) is 10.0 Å². The minimum Gasteiger partial charge on any atom is -0.490 e. The molecule has 1 N–H and O–H groups in total. The van der Waals surface area contributed by atoms with Crippen LogP contribution in [-0.2, 0) is 13.2 Å². The predicted molar refractivity (Wildman–Crippen MR) is 125 cm³/mol. The van der Waals surface area contributed by atoms with Crippen LogP contribution in [0, 0.1) is 9.39 Å². The molecular formula is C22H19Cl2FINO2. The van der Waals surface area contributed by atoms with Crippen LogP contribution in [0.4, 0.5) is 10.1 Å². The predicted octanol–water partition coefficient (Wildman–Crippen LogP) is 7.33. The van der Waals surface area contributed by atoms with Crippen LogP contribution in [0.15, 0.2) is 54.6 Å². The molecule has 152 valence electrons. The van der Waals surface area contributed by atoms with Gasteiger partial charge in [-0.1, -0.05) is 35.3 Å². The van der Waals surface area contributed by atoms with Crippen LogP contribution in [0.25, 0.3) is 0 Å². The van der Waals surface area contributed by atoms with Crippen LogP contribution in [-0.4, -0.2) is 6.61 Å². The highest BCUT2D eigenvalue weighted by molar-refractivity contribution is 14.1. The van der Waals surface area contributed by atoms with Crippen molar-refractivity contribution in [2.24, 2.45) is 0 Å². The lowest BCUT2D eigenvalue weighted by Gasteiger charge is -2.16. The normalized spacial score (nSPS) is 10.7. The van der Waals surface area contributed by atoms with Crippen LogP contribution < -0.4 is 14.8 Å². The van der Waals surface area contributed by atoms with E-state index in [1.165, 1.54) is 12.1 Å². The lowest BCUT2D eigenvalue weighted by atomic mass is 10.2. The average Bonchev–Trinajstić information content (AvgIpc) is 2.67. The van der Waals surface area contributed by atoms with Gasteiger partial charge in [0, 0.05) is 11.6 Å². The molecule has 3 aromatic carbocycles. The van der Waals surface area contributed by atoms with Gasteiger partial charge in [-0.2, -0.15) is 0 Å². The summed E-state index contributed by atoms with van der Waals surface area (Å²) in [6, 6.07) is 15.6. The minimum absolute atomic E-state index is 0.256. The molecule has 0 saturated carbocycles. The van der Waals surface area contributed by atoms with Crippen LogP contribution >= 0.6 is 45.8 Å². The van der Waals surface area contributed by atoms with Crippen LogP contribution in [0.3, 0.4) is 0 Å². The number of rotatable bonds is 8. The fourth-order valence-corrected chi connectivity index (χ4v) is 4.04. The van der Waals surface area contributed by atoms with E-state index < -0.39 is 0 Å². The number of hydrogen-bond acceptors (Lipinski definition) is 3. The van der Waals surface area contributed by atoms with Gasteiger partial charge in [0.25, 0.3) is 0 Å². The lowest BCUT2D eigenvalue weighted by Crippen LogP contribution is -2.05. The van der Waals surface area contributed by atoms with Gasteiger partial charge >= 0.3 is 0 Å². The summed E-state index contributed by atoms with van der Waals surface area (Å²) in [4.78, 5) is 0. The topological polar surface area (TPSA) is 30.5 Å². The third kappa shape index (κ3) is 6.14. The van der Waals surface area contributed by atoms with Crippen molar-refractivity contribution in [1.82, 2.24) is 0 Å². The molecule has 0 heterocycles. The van der Waals surface area contributed by atoms with Gasteiger partial charge in [0.15, 0.2) is 11.5 Å². The molecule has 0 aliphatic rings. The second-order valence-corrected chi connectivity index (χ2v) is 8.24. The minimum atomic E-state index is -0.284. The van der Waals surface area contributed by atoms with Crippen LogP contribution in [0.5, 0.6) is 11.5 Å². The van der Waals surface area contributed by atoms with Gasteiger partial charge in [0.05, 0.1) is 20.9 Å². The van der Waals surface area contributed by atoms with Crippen molar-refractivity contribution >= 4 is 51.5 Å². The first-order valence-electron chi connectivity index (χ1n) is 8.97. The SMILES string of the molecule is CCOc1cc(CNc2ccc(Cl)cc2Cl)cc(I)c1OCc1cccc(F)c1. The third-order valence-corrected chi connectivity index (χ3v) is 5.40. The first-order chi connectivity index (χ1) is 14.0. The molecular weight excluding hydrogens is 527 g/mol. The van der Waals surface area contributed by atoms with Gasteiger partial charge in [-0.3, -0.25) is 0 Å². The Labute approximate surface area is 193 Å². The second-order valence-electron chi connectivity index (χ2n) is 6.23. The summed E-state index contributed by atoms with van der Waals surface area (Å²) in [6.07, 6.45) is 0. The largest absolute Gasteiger partial charge is 0.490 e. The quantitative estimate of drug-likeness (QED) is 0.301. The molecule has 0 radical (unpaired) electrons. The molecule has 0 fully saturated rings. The fourth-order valence-electron chi connectivity index (χ4n) is 2.74. The van der Waals surface area contributed by atoms with Gasteiger partial charge in [0.1, 0.15) is 12.4 Å². The zero-order valence-electron chi connectivity index (χ0n) is 15.6. The van der Waals surface area contributed by atoms with Crippen molar-refractivity contribution in [3.63, 3.8) is 0 Å². The first-order valence-corrected chi connectivity index (χ1v) is 10.8. The maximum Gasteiger partial charge on any atom is 0.174 e. The number of ether oxygens (including phenoxy) is 2. The Bertz CT molecular complexity index is 1000. The van der Waals surface area contributed by atoms with Gasteiger partial charge < -0.3 is 14.8 Å². The lowest BCUT2D eigenvalue weighted by molar-refractivity contribution is 0.267. The highest BCUT2D eigenvalue weighted by atomic mass is 127. The molecule has 0 bridgehead atoms. The molecule has 0 aromatic heterocycles. The fraction of sp³-hybridized carbons (Fsp3) is 0.182. The van der Waals surface area contributed by atoms with E-state index in [4.69, 9.17) is 32.7 Å². The van der Waals surface area contributed by atoms with E-state index in [1.54, 1.807) is 18.2 Å². The van der Waals surface area contributed by atoms with Crippen molar-refractivity contribution in [1.29, 1.82) is 0 Å². The Morgan fingerprint density at radius 1 is 1.00 bits per heavy atom. The van der Waals surface area contributed by atoms with Crippen LogP contribution in [0.1, 0.15) is 18.1 Å². The van der Waals surface area contributed by atoms with Gasteiger partial charge in [0.2, 0.25) is 0 Å². The Kier molecular flexibility index (Phi) is 7.86. The Hall–Kier alpha value is -1.70. The van der Waals surface area contributed by atoms with E-state index in [1.807, 2.05) is 31.2 Å². The standard InChI is InChI=1S/C22H19Cl2FINO2/c1-2-28-21-10-15(12-27-20-7-6-16(23)11-18(20)24)9-19(26)22(21)29-13-14-4-3-5-17(25)8-14/h3-11,27H,2,12-13H2,1H3. The molecule has 3 nitrogen and oxygen atoms in total. The Balaban J connectivity index is 1.76. The molecule has 0 spiro atoms. The number of nitrogens with one attached hydrogen (secondary N) is 1. The molecule has 7 heteroatoms. The number of halogens is 4. The smallest absolute Gasteiger partial charge is 0.174 e. The molecule has 3 aromatic rings. The summed E-state index contributed by atoms with van der Waals surface area (Å²) in [5.74, 6) is 1.01. The number of anilines is 1. The molecule has 0 unspecified atom stereocenters. The molecule has 0 aliphatic carbocycles. The molecule has 0 atom stereocenters. The Morgan fingerprint density at radius 2 is 1.83 bits per heavy atom. The highest BCUT2D eigenvalue weighted by Crippen LogP contribution is 2.35. The average molecular weight is 546 g/mol. The maximum atomic E-state index is 13.4. The maximum absolute atomic E-state index is 13.4. The summed E-state index contributed by atoms with van der Waals surface area (Å²) in [5, 5.41) is 4.46. The van der Waals surface area contributed by atoms with Crippen molar-refractivity contribution < 1.29 is 13.9 Å². The third-order valence-electron chi connectivity index (χ3n) is 4.06. The van der Waals surface area contributed by atoms with E-state index in [0.29, 0.717) is 34.7 Å². The van der Waals surface area contributed by atoms with Crippen molar-refractivity contribution in [3.8, 4) is 11.5 Å². The van der Waals surface area contributed by atoms with Gasteiger partial charge in [-0.15, -0.1) is 0 Å². The van der Waals surface area contributed by atoms with E-state index >= 15 is 0 Å². The first kappa shape index (κ1) is 22.0. The van der Waals surface area contributed by atoms with Gasteiger partial charge in [-0.25, -0.2) is 4.39 Å². The van der Waals surface area contributed by atoms with E-state index in [0.717, 1.165) is 20.4 Å². The van der Waals surface area contributed by atoms with Crippen molar-refractivity contribution in [3.05, 3.63) is 85.2 Å². The zero-order chi connectivity index (χ0) is 20.8. The Morgan fingerprint density at radius 3 is 2.55 bits per heavy atom. The summed E-state index contributed by atoms with van der Waals surface area (Å²) in [6.45, 7) is 3.24. The summed E-state index contributed by atoms with van der Waals surface area (Å²) in [5.41, 5.74) is 2.57. The van der Waals surface area contributed by atoms with E-state index in [-0.39, 0.29) is 12.4 Å². The molecule has 0 saturated heterocycles. The zero-order valence-corrected chi connectivity index (χ0v) is 19.3. The molecule has 29 heavy (non-hydrogen) atoms. The molecule has 3 rings (SSSR count). The summed E-state index contributed by atoms with van der Waals surface area (Å²) < 4.78 is 26.0. The van der Waals surface area contributed by atoms with E-state index in [9.17, 15) is 4.39 Å². The molecule has 0 aliphatic heterocycles. The van der Waals surface area contributed by atoms with Crippen molar-refractivity contribution in [2.45, 2.75) is 20.1 Å². The second kappa shape index (κ2) is 10.4. The monoisotopic (exact) mass is 545 g/mol. The number of hydrogen-bond donors (Lipinski definition) is 1. The van der Waals surface area contributed by atoms with Crippen molar-refractivity contribution in [2.75, 3.05) is 11.9 Å². The van der Waals surface area contributed by atoms with Gasteiger partial charge in [-0.05, 0) is 83.1 Å². The number of benzene rings is 3. The summed E-state index contributed by atoms with van der Waals surface area (Å²) in [7, 11) is 0. The molecule has 0 amide bonds. The summed E-state index contributed by atoms with van der Waals surface area (Å²) >= 11 is 14.4. The van der Waals surface area contributed by atoms with E-state index in [2.05, 4.69) is 27.9 Å². The highest BCUT2D eigenvalue weighted by Gasteiger charge is 2.13.